The average Bonchev–Trinajstić information content (AvgIpc) is 2.91. The fourth-order valence-corrected chi connectivity index (χ4v) is 5.74. The maximum Gasteiger partial charge on any atom is 0.328 e. The summed E-state index contributed by atoms with van der Waals surface area (Å²) in [5.74, 6) is -1.27. The Morgan fingerprint density at radius 1 is 1.17 bits per heavy atom. The fourth-order valence-electron chi connectivity index (χ4n) is 3.72. The third kappa shape index (κ3) is 3.26. The number of nitrogens with one attached hydrogen (secondary N) is 2. The summed E-state index contributed by atoms with van der Waals surface area (Å²) in [6, 6.07) is 5.31. The maximum absolute atomic E-state index is 14.1. The molecule has 0 saturated heterocycles. The summed E-state index contributed by atoms with van der Waals surface area (Å²) in [5, 5.41) is 3.03. The highest BCUT2D eigenvalue weighted by molar-refractivity contribution is 9.10. The molecule has 4 rings (SSSR count). The Hall–Kier alpha value is -2.50. The van der Waals surface area contributed by atoms with Crippen LogP contribution in [0.4, 0.5) is 4.39 Å². The second-order valence-corrected chi connectivity index (χ2v) is 9.59. The van der Waals surface area contributed by atoms with Crippen molar-refractivity contribution in [2.45, 2.75) is 17.9 Å². The van der Waals surface area contributed by atoms with Crippen LogP contribution in [0.15, 0.2) is 38.4 Å². The number of halogens is 2. The van der Waals surface area contributed by atoms with Gasteiger partial charge in [0.05, 0.1) is 11.0 Å². The van der Waals surface area contributed by atoms with Crippen molar-refractivity contribution in [1.29, 1.82) is 0 Å². The second kappa shape index (κ2) is 7.33. The molecule has 2 heterocycles. The standard InChI is InChI=1S/C19H18BrFN4O4S/c1-24-15-7-13(20)17(8-16(15)25(2)19(24)27)30(28,29)23-18(26)11-3-4-14(21)12-9-22-6-5-10(11)12/h3-4,7-8,22H,5-6,9H2,1-2H3,(H,23,26). The summed E-state index contributed by atoms with van der Waals surface area (Å²) in [4.78, 5) is 24.8. The topological polar surface area (TPSA) is 102 Å². The predicted molar refractivity (Wildman–Crippen MR) is 112 cm³/mol. The zero-order chi connectivity index (χ0) is 21.8. The first-order valence-electron chi connectivity index (χ1n) is 9.05. The number of amides is 1. The molecular weight excluding hydrogens is 479 g/mol. The zero-order valence-corrected chi connectivity index (χ0v) is 18.5. The minimum atomic E-state index is -4.27. The van der Waals surface area contributed by atoms with Crippen molar-refractivity contribution in [3.05, 3.63) is 61.7 Å². The molecule has 0 unspecified atom stereocenters. The van der Waals surface area contributed by atoms with Crippen LogP contribution < -0.4 is 15.7 Å². The van der Waals surface area contributed by atoms with Gasteiger partial charge < -0.3 is 5.32 Å². The minimum Gasteiger partial charge on any atom is -0.312 e. The number of aryl methyl sites for hydroxylation is 2. The Balaban J connectivity index is 1.75. The molecule has 1 aromatic heterocycles. The van der Waals surface area contributed by atoms with Crippen molar-refractivity contribution in [2.24, 2.45) is 14.1 Å². The summed E-state index contributed by atoms with van der Waals surface area (Å²) in [7, 11) is -1.15. The third-order valence-corrected chi connectivity index (χ3v) is 7.60. The van der Waals surface area contributed by atoms with Gasteiger partial charge in [0, 0.05) is 36.2 Å². The van der Waals surface area contributed by atoms with Gasteiger partial charge in [0.25, 0.3) is 15.9 Å². The van der Waals surface area contributed by atoms with Gasteiger partial charge in [-0.1, -0.05) is 0 Å². The molecule has 30 heavy (non-hydrogen) atoms. The molecule has 3 aromatic rings. The van der Waals surface area contributed by atoms with Gasteiger partial charge in [-0.3, -0.25) is 13.9 Å². The highest BCUT2D eigenvalue weighted by Gasteiger charge is 2.27. The SMILES string of the molecule is Cn1c(=O)n(C)c2cc(S(=O)(=O)NC(=O)c3ccc(F)c4c3CCNC4)c(Br)cc21. The first-order valence-corrected chi connectivity index (χ1v) is 11.3. The van der Waals surface area contributed by atoms with Crippen LogP contribution in [0.2, 0.25) is 0 Å². The van der Waals surface area contributed by atoms with Crippen LogP contribution in [-0.4, -0.2) is 30.0 Å². The summed E-state index contributed by atoms with van der Waals surface area (Å²) in [6.45, 7) is 0.840. The largest absolute Gasteiger partial charge is 0.328 e. The van der Waals surface area contributed by atoms with Crippen molar-refractivity contribution < 1.29 is 17.6 Å². The second-order valence-electron chi connectivity index (χ2n) is 7.09. The highest BCUT2D eigenvalue weighted by Crippen LogP contribution is 2.28. The first-order chi connectivity index (χ1) is 14.1. The molecular formula is C19H18BrFN4O4S. The Morgan fingerprint density at radius 2 is 1.83 bits per heavy atom. The van der Waals surface area contributed by atoms with Gasteiger partial charge >= 0.3 is 5.69 Å². The van der Waals surface area contributed by atoms with Crippen LogP contribution in [0.3, 0.4) is 0 Å². The summed E-state index contributed by atoms with van der Waals surface area (Å²) in [6.07, 6.45) is 0.414. The van der Waals surface area contributed by atoms with E-state index in [0.717, 1.165) is 6.07 Å². The first kappa shape index (κ1) is 20.8. The molecule has 1 aliphatic heterocycles. The molecule has 1 amide bonds. The van der Waals surface area contributed by atoms with Crippen LogP contribution in [0.1, 0.15) is 21.5 Å². The normalized spacial score (nSPS) is 14.0. The number of hydrogen-bond donors (Lipinski definition) is 2. The summed E-state index contributed by atoms with van der Waals surface area (Å²) < 4.78 is 45.0. The van der Waals surface area contributed by atoms with Crippen molar-refractivity contribution >= 4 is 42.9 Å². The number of benzene rings is 2. The molecule has 1 aliphatic rings. The van der Waals surface area contributed by atoms with E-state index >= 15 is 0 Å². The van der Waals surface area contributed by atoms with Gasteiger partial charge in [-0.15, -0.1) is 0 Å². The summed E-state index contributed by atoms with van der Waals surface area (Å²) in [5.41, 5.74) is 1.64. The summed E-state index contributed by atoms with van der Waals surface area (Å²) >= 11 is 3.22. The lowest BCUT2D eigenvalue weighted by atomic mass is 9.94. The molecule has 0 bridgehead atoms. The number of imidazole rings is 1. The zero-order valence-electron chi connectivity index (χ0n) is 16.1. The van der Waals surface area contributed by atoms with E-state index in [0.29, 0.717) is 35.1 Å². The van der Waals surface area contributed by atoms with E-state index in [-0.39, 0.29) is 27.2 Å². The highest BCUT2D eigenvalue weighted by atomic mass is 79.9. The minimum absolute atomic E-state index is 0.126. The molecule has 0 saturated carbocycles. The quantitative estimate of drug-likeness (QED) is 0.572. The fraction of sp³-hybridized carbons (Fsp3) is 0.263. The lowest BCUT2D eigenvalue weighted by Crippen LogP contribution is -2.33. The van der Waals surface area contributed by atoms with E-state index in [1.165, 1.54) is 34.4 Å². The maximum atomic E-state index is 14.1. The van der Waals surface area contributed by atoms with E-state index in [9.17, 15) is 22.4 Å². The van der Waals surface area contributed by atoms with E-state index in [4.69, 9.17) is 0 Å². The molecule has 0 atom stereocenters. The van der Waals surface area contributed by atoms with Crippen molar-refractivity contribution in [1.82, 2.24) is 19.2 Å². The molecule has 0 radical (unpaired) electrons. The van der Waals surface area contributed by atoms with Crippen LogP contribution in [-0.2, 0) is 37.1 Å². The number of rotatable bonds is 3. The number of carbonyl (C=O) groups excluding carboxylic acids is 1. The van der Waals surface area contributed by atoms with Crippen LogP contribution in [0, 0.1) is 5.82 Å². The molecule has 2 N–H and O–H groups in total. The Bertz CT molecular complexity index is 1380. The van der Waals surface area contributed by atoms with Gasteiger partial charge in [-0.2, -0.15) is 0 Å². The molecule has 2 aromatic carbocycles. The molecule has 0 aliphatic carbocycles. The van der Waals surface area contributed by atoms with Crippen molar-refractivity contribution in [3.63, 3.8) is 0 Å². The van der Waals surface area contributed by atoms with Crippen LogP contribution in [0.25, 0.3) is 11.0 Å². The van der Waals surface area contributed by atoms with Crippen LogP contribution in [0.5, 0.6) is 0 Å². The Kier molecular flexibility index (Phi) is 5.07. The van der Waals surface area contributed by atoms with E-state index in [1.54, 1.807) is 7.05 Å². The number of carbonyl (C=O) groups is 1. The monoisotopic (exact) mass is 496 g/mol. The van der Waals surface area contributed by atoms with E-state index < -0.39 is 21.7 Å². The molecule has 0 spiro atoms. The van der Waals surface area contributed by atoms with E-state index in [1.807, 2.05) is 0 Å². The molecule has 0 fully saturated rings. The van der Waals surface area contributed by atoms with Gasteiger partial charge in [0.2, 0.25) is 0 Å². The molecule has 158 valence electrons. The number of hydrogen-bond acceptors (Lipinski definition) is 5. The van der Waals surface area contributed by atoms with Crippen LogP contribution >= 0.6 is 15.9 Å². The van der Waals surface area contributed by atoms with Gasteiger partial charge in [-0.25, -0.2) is 22.3 Å². The molecule has 8 nitrogen and oxygen atoms in total. The van der Waals surface area contributed by atoms with Crippen molar-refractivity contribution in [2.75, 3.05) is 6.54 Å². The third-order valence-electron chi connectivity index (χ3n) is 5.31. The van der Waals surface area contributed by atoms with Gasteiger partial charge in [-0.05, 0) is 58.7 Å². The Morgan fingerprint density at radius 3 is 2.53 bits per heavy atom. The van der Waals surface area contributed by atoms with Gasteiger partial charge in [0.1, 0.15) is 10.7 Å². The predicted octanol–water partition coefficient (Wildman–Crippen LogP) is 1.54. The number of nitrogens with zero attached hydrogens (tertiary/aromatic N) is 2. The smallest absolute Gasteiger partial charge is 0.312 e. The lowest BCUT2D eigenvalue weighted by Gasteiger charge is -2.20. The van der Waals surface area contributed by atoms with Gasteiger partial charge in [0.15, 0.2) is 0 Å². The van der Waals surface area contributed by atoms with Crippen molar-refractivity contribution in [3.8, 4) is 0 Å². The Labute approximate surface area is 179 Å². The number of sulfonamides is 1. The molecule has 11 heteroatoms. The average molecular weight is 497 g/mol. The number of aromatic nitrogens is 2. The number of fused-ring (bicyclic) bond motifs is 2. The lowest BCUT2D eigenvalue weighted by molar-refractivity contribution is 0.0980. The van der Waals surface area contributed by atoms with E-state index in [2.05, 4.69) is 26.0 Å².